The smallest absolute Gasteiger partial charge is 0.332 e. The molecule has 0 unspecified atom stereocenters. The molecule has 0 saturated carbocycles. The molecule has 4 nitrogen and oxygen atoms in total. The van der Waals surface area contributed by atoms with Crippen molar-refractivity contribution in [2.45, 2.75) is 26.3 Å². The van der Waals surface area contributed by atoms with Gasteiger partial charge in [-0.2, -0.15) is 0 Å². The summed E-state index contributed by atoms with van der Waals surface area (Å²) in [5, 5.41) is 12.1. The molecule has 7 heteroatoms. The number of thiol groups is 1. The van der Waals surface area contributed by atoms with Crippen LogP contribution >= 0.6 is 36.0 Å². The summed E-state index contributed by atoms with van der Waals surface area (Å²) in [5.41, 5.74) is -0.0476. The number of nitrogens with one attached hydrogen (secondary N) is 1. The molecule has 0 saturated heterocycles. The molecule has 0 aliphatic carbocycles. The normalized spacial score (nSPS) is 11.2. The fourth-order valence-corrected chi connectivity index (χ4v) is 1.66. The molecular weight excluding hydrogens is 295 g/mol. The highest BCUT2D eigenvalue weighted by Gasteiger charge is 2.23. The van der Waals surface area contributed by atoms with Crippen LogP contribution < -0.4 is 5.32 Å². The Bertz CT molecular complexity index is 452. The van der Waals surface area contributed by atoms with E-state index in [2.05, 4.69) is 18.1 Å². The second-order valence-corrected chi connectivity index (χ2v) is 5.92. The lowest BCUT2D eigenvalue weighted by Gasteiger charge is -2.30. The molecule has 0 atom stereocenters. The van der Waals surface area contributed by atoms with Gasteiger partial charge in [0.15, 0.2) is 5.75 Å². The molecule has 0 aromatic heterocycles. The highest BCUT2D eigenvalue weighted by Crippen LogP contribution is 2.34. The molecule has 1 rings (SSSR count). The van der Waals surface area contributed by atoms with E-state index < -0.39 is 11.6 Å². The number of aromatic hydroxyl groups is 1. The monoisotopic (exact) mass is 308 g/mol. The van der Waals surface area contributed by atoms with E-state index in [1.807, 2.05) is 20.8 Å². The van der Waals surface area contributed by atoms with Crippen LogP contribution in [0.25, 0.3) is 0 Å². The molecule has 0 heterocycles. The number of nitrogens with zero attached hydrogens (tertiary/aromatic N) is 1. The predicted octanol–water partition coefficient (Wildman–Crippen LogP) is 4.18. The van der Waals surface area contributed by atoms with Gasteiger partial charge in [0.2, 0.25) is 0 Å². The minimum absolute atomic E-state index is 0.0688. The number of rotatable bonds is 1. The van der Waals surface area contributed by atoms with Crippen molar-refractivity contribution in [1.82, 2.24) is 4.31 Å². The third kappa shape index (κ3) is 3.60. The van der Waals surface area contributed by atoms with Crippen LogP contribution in [0.3, 0.4) is 0 Å². The lowest BCUT2D eigenvalue weighted by Crippen LogP contribution is -2.41. The Labute approximate surface area is 121 Å². The number of hydrogen-bond donors (Lipinski definition) is 3. The number of amides is 2. The maximum absolute atomic E-state index is 11.9. The minimum atomic E-state index is -0.433. The molecule has 18 heavy (non-hydrogen) atoms. The van der Waals surface area contributed by atoms with Crippen LogP contribution in [0.5, 0.6) is 5.75 Å². The first-order valence-electron chi connectivity index (χ1n) is 5.11. The predicted molar refractivity (Wildman–Crippen MR) is 77.7 cm³/mol. The molecule has 2 amide bonds. The molecule has 100 valence electrons. The second kappa shape index (κ2) is 5.47. The molecule has 0 aliphatic heterocycles. The van der Waals surface area contributed by atoms with Gasteiger partial charge in [-0.05, 0) is 32.9 Å². The quantitative estimate of drug-likeness (QED) is 0.538. The number of urea groups is 1. The van der Waals surface area contributed by atoms with Gasteiger partial charge in [0.25, 0.3) is 0 Å². The number of carbonyl (C=O) groups excluding carboxylic acids is 1. The van der Waals surface area contributed by atoms with Gasteiger partial charge >= 0.3 is 6.03 Å². The van der Waals surface area contributed by atoms with Crippen LogP contribution in [0.2, 0.25) is 10.0 Å². The Balaban J connectivity index is 2.90. The highest BCUT2D eigenvalue weighted by molar-refractivity contribution is 7.78. The van der Waals surface area contributed by atoms with E-state index in [1.54, 1.807) is 0 Å². The van der Waals surface area contributed by atoms with E-state index in [9.17, 15) is 9.90 Å². The first kappa shape index (κ1) is 15.3. The average molecular weight is 309 g/mol. The Morgan fingerprint density at radius 2 is 1.78 bits per heavy atom. The summed E-state index contributed by atoms with van der Waals surface area (Å²) in [6, 6.07) is 2.40. The van der Waals surface area contributed by atoms with E-state index in [4.69, 9.17) is 23.2 Å². The minimum Gasteiger partial charge on any atom is -0.505 e. The summed E-state index contributed by atoms with van der Waals surface area (Å²) < 4.78 is 1.25. The fraction of sp³-hybridized carbons (Fsp3) is 0.364. The molecule has 0 radical (unpaired) electrons. The third-order valence-corrected chi connectivity index (χ3v) is 3.45. The van der Waals surface area contributed by atoms with Crippen molar-refractivity contribution in [1.29, 1.82) is 0 Å². The third-order valence-electron chi connectivity index (χ3n) is 2.10. The van der Waals surface area contributed by atoms with Gasteiger partial charge < -0.3 is 10.4 Å². The zero-order valence-electron chi connectivity index (χ0n) is 10.2. The number of phenols is 1. The van der Waals surface area contributed by atoms with Gasteiger partial charge in [-0.15, -0.1) is 0 Å². The summed E-state index contributed by atoms with van der Waals surface area (Å²) in [6.45, 7) is 5.53. The van der Waals surface area contributed by atoms with Crippen molar-refractivity contribution in [3.8, 4) is 5.75 Å². The van der Waals surface area contributed by atoms with Gasteiger partial charge in [0.05, 0.1) is 10.0 Å². The number of benzene rings is 1. The standard InChI is InChI=1S/C11H14Cl2N2O2S/c1-11(2,3)15(18)10(17)14-6-4-7(12)9(16)8(13)5-6/h4-5,16,18H,1-3H3,(H,14,17). The summed E-state index contributed by atoms with van der Waals surface area (Å²) in [4.78, 5) is 11.9. The number of carbonyl (C=O) groups is 1. The number of phenolic OH excluding ortho intramolecular Hbond substituents is 1. The largest absolute Gasteiger partial charge is 0.505 e. The number of hydrogen-bond acceptors (Lipinski definition) is 3. The average Bonchev–Trinajstić information content (AvgIpc) is 2.23. The summed E-state index contributed by atoms with van der Waals surface area (Å²) in [7, 11) is 0. The first-order chi connectivity index (χ1) is 8.12. The van der Waals surface area contributed by atoms with E-state index in [1.165, 1.54) is 16.4 Å². The van der Waals surface area contributed by atoms with Crippen molar-refractivity contribution in [3.63, 3.8) is 0 Å². The maximum Gasteiger partial charge on any atom is 0.332 e. The molecule has 1 aromatic carbocycles. The SMILES string of the molecule is CC(C)(C)N(S)C(=O)Nc1cc(Cl)c(O)c(Cl)c1. The topological polar surface area (TPSA) is 52.6 Å². The molecule has 0 spiro atoms. The van der Waals surface area contributed by atoms with Gasteiger partial charge in [-0.1, -0.05) is 36.0 Å². The molecule has 0 bridgehead atoms. The molecule has 0 aliphatic rings. The Kier molecular flexibility index (Phi) is 4.64. The summed E-state index contributed by atoms with van der Waals surface area (Å²) in [6.07, 6.45) is 0. The van der Waals surface area contributed by atoms with Crippen LogP contribution in [-0.4, -0.2) is 21.0 Å². The van der Waals surface area contributed by atoms with Gasteiger partial charge in [-0.25, -0.2) is 4.79 Å². The number of anilines is 1. The van der Waals surface area contributed by atoms with Gasteiger partial charge in [0.1, 0.15) is 0 Å². The van der Waals surface area contributed by atoms with Crippen molar-refractivity contribution in [2.75, 3.05) is 5.32 Å². The lowest BCUT2D eigenvalue weighted by molar-refractivity contribution is 0.216. The Hall–Kier alpha value is -0.780. The second-order valence-electron chi connectivity index (χ2n) is 4.70. The Morgan fingerprint density at radius 3 is 2.17 bits per heavy atom. The van der Waals surface area contributed by atoms with E-state index in [0.29, 0.717) is 5.69 Å². The summed E-state index contributed by atoms with van der Waals surface area (Å²) >= 11 is 15.6. The fourth-order valence-electron chi connectivity index (χ4n) is 1.12. The van der Waals surface area contributed by atoms with Crippen LogP contribution in [0.4, 0.5) is 10.5 Å². The van der Waals surface area contributed by atoms with Crippen LogP contribution in [0, 0.1) is 0 Å². The number of halogens is 2. The van der Waals surface area contributed by atoms with Crippen LogP contribution in [0.1, 0.15) is 20.8 Å². The highest BCUT2D eigenvalue weighted by atomic mass is 35.5. The van der Waals surface area contributed by atoms with Crippen molar-refractivity contribution < 1.29 is 9.90 Å². The molecule has 2 N–H and O–H groups in total. The van der Waals surface area contributed by atoms with Crippen LogP contribution in [0.15, 0.2) is 12.1 Å². The molecule has 1 aromatic rings. The zero-order chi connectivity index (χ0) is 14.1. The zero-order valence-corrected chi connectivity index (χ0v) is 12.6. The van der Waals surface area contributed by atoms with E-state index >= 15 is 0 Å². The van der Waals surface area contributed by atoms with Crippen molar-refractivity contribution in [2.24, 2.45) is 0 Å². The van der Waals surface area contributed by atoms with Gasteiger partial charge in [-0.3, -0.25) is 4.31 Å². The first-order valence-corrected chi connectivity index (χ1v) is 6.26. The van der Waals surface area contributed by atoms with E-state index in [0.717, 1.165) is 0 Å². The maximum atomic E-state index is 11.9. The van der Waals surface area contributed by atoms with Gasteiger partial charge in [0, 0.05) is 11.2 Å². The Morgan fingerprint density at radius 1 is 1.33 bits per heavy atom. The van der Waals surface area contributed by atoms with Crippen molar-refractivity contribution >= 4 is 47.7 Å². The summed E-state index contributed by atoms with van der Waals surface area (Å²) in [5.74, 6) is -0.213. The molecule has 0 fully saturated rings. The van der Waals surface area contributed by atoms with E-state index in [-0.39, 0.29) is 15.8 Å². The van der Waals surface area contributed by atoms with Crippen molar-refractivity contribution in [3.05, 3.63) is 22.2 Å². The lowest BCUT2D eigenvalue weighted by atomic mass is 10.1. The van der Waals surface area contributed by atoms with Crippen LogP contribution in [-0.2, 0) is 0 Å². The molecular formula is C11H14Cl2N2O2S.